The smallest absolute Gasteiger partial charge is 0.253 e. The normalized spacial score (nSPS) is 20.0. The molecule has 2 aromatic rings. The van der Waals surface area contributed by atoms with Gasteiger partial charge in [0, 0.05) is 13.1 Å². The number of hydrogen-bond donors (Lipinski definition) is 2. The number of likely N-dealkylation sites (tertiary alicyclic amines) is 1. The summed E-state index contributed by atoms with van der Waals surface area (Å²) in [6.45, 7) is 4.02. The van der Waals surface area contributed by atoms with Crippen LogP contribution in [-0.4, -0.2) is 36.3 Å². The average Bonchev–Trinajstić information content (AvgIpc) is 3.11. The molecule has 1 aliphatic heterocycles. The van der Waals surface area contributed by atoms with Crippen molar-refractivity contribution in [3.63, 3.8) is 0 Å². The third kappa shape index (κ3) is 4.72. The SMILES string of the molecule is CC1(CN)CCN(C(=O)CC(NC(=O)c2ccccc2Cl)c2ccccc2)C1. The van der Waals surface area contributed by atoms with Crippen LogP contribution in [-0.2, 0) is 4.79 Å². The second-order valence-electron chi connectivity index (χ2n) is 7.70. The molecular formula is C22H26ClN3O2. The van der Waals surface area contributed by atoms with E-state index >= 15 is 0 Å². The molecule has 0 aliphatic carbocycles. The zero-order valence-electron chi connectivity index (χ0n) is 16.0. The minimum atomic E-state index is -0.429. The Balaban J connectivity index is 1.76. The molecule has 2 unspecified atom stereocenters. The highest BCUT2D eigenvalue weighted by Gasteiger charge is 2.35. The highest BCUT2D eigenvalue weighted by molar-refractivity contribution is 6.33. The van der Waals surface area contributed by atoms with Gasteiger partial charge in [-0.3, -0.25) is 9.59 Å². The van der Waals surface area contributed by atoms with E-state index in [2.05, 4.69) is 12.2 Å². The standard InChI is InChI=1S/C22H26ClN3O2/c1-22(14-24)11-12-26(15-22)20(27)13-19(16-7-3-2-4-8-16)25-21(28)17-9-5-6-10-18(17)23/h2-10,19H,11-15,24H2,1H3,(H,25,28). The molecule has 0 spiro atoms. The maximum Gasteiger partial charge on any atom is 0.253 e. The van der Waals surface area contributed by atoms with Crippen LogP contribution in [0.1, 0.15) is 41.7 Å². The van der Waals surface area contributed by atoms with E-state index in [1.165, 1.54) is 0 Å². The summed E-state index contributed by atoms with van der Waals surface area (Å²) in [5.74, 6) is -0.272. The van der Waals surface area contributed by atoms with Crippen LogP contribution in [0.5, 0.6) is 0 Å². The molecule has 3 N–H and O–H groups in total. The first-order valence-electron chi connectivity index (χ1n) is 9.50. The molecule has 1 heterocycles. The summed E-state index contributed by atoms with van der Waals surface area (Å²) in [6.07, 6.45) is 1.10. The second kappa shape index (κ2) is 8.76. The van der Waals surface area contributed by atoms with Crippen molar-refractivity contribution >= 4 is 23.4 Å². The summed E-state index contributed by atoms with van der Waals surface area (Å²) in [4.78, 5) is 27.5. The molecule has 1 fully saturated rings. The van der Waals surface area contributed by atoms with E-state index in [1.54, 1.807) is 24.3 Å². The fourth-order valence-electron chi connectivity index (χ4n) is 3.53. The van der Waals surface area contributed by atoms with Gasteiger partial charge in [-0.15, -0.1) is 0 Å². The number of benzene rings is 2. The van der Waals surface area contributed by atoms with E-state index in [0.717, 1.165) is 12.0 Å². The van der Waals surface area contributed by atoms with Crippen molar-refractivity contribution in [2.75, 3.05) is 19.6 Å². The largest absolute Gasteiger partial charge is 0.345 e. The molecule has 148 valence electrons. The number of nitrogens with one attached hydrogen (secondary N) is 1. The number of amides is 2. The van der Waals surface area contributed by atoms with Gasteiger partial charge in [0.2, 0.25) is 5.91 Å². The maximum absolute atomic E-state index is 12.9. The summed E-state index contributed by atoms with van der Waals surface area (Å²) >= 11 is 6.16. The number of rotatable bonds is 6. The van der Waals surface area contributed by atoms with Crippen LogP contribution < -0.4 is 11.1 Å². The van der Waals surface area contributed by atoms with Crippen LogP contribution in [0.3, 0.4) is 0 Å². The third-order valence-corrected chi connectivity index (χ3v) is 5.74. The molecule has 5 nitrogen and oxygen atoms in total. The Kier molecular flexibility index (Phi) is 6.37. The lowest BCUT2D eigenvalue weighted by molar-refractivity contribution is -0.131. The zero-order chi connectivity index (χ0) is 20.1. The highest BCUT2D eigenvalue weighted by Crippen LogP contribution is 2.30. The summed E-state index contributed by atoms with van der Waals surface area (Å²) in [6, 6.07) is 16.0. The number of carbonyl (C=O) groups is 2. The third-order valence-electron chi connectivity index (χ3n) is 5.41. The van der Waals surface area contributed by atoms with Gasteiger partial charge in [0.25, 0.3) is 5.91 Å². The van der Waals surface area contributed by atoms with Gasteiger partial charge < -0.3 is 16.0 Å². The van der Waals surface area contributed by atoms with Gasteiger partial charge >= 0.3 is 0 Å². The maximum atomic E-state index is 12.9. The van der Waals surface area contributed by atoms with E-state index in [0.29, 0.717) is 30.2 Å². The first-order valence-corrected chi connectivity index (χ1v) is 9.88. The van der Waals surface area contributed by atoms with Crippen LogP contribution in [0.2, 0.25) is 5.02 Å². The fraction of sp³-hybridized carbons (Fsp3) is 0.364. The van der Waals surface area contributed by atoms with Gasteiger partial charge in [0.05, 0.1) is 23.0 Å². The van der Waals surface area contributed by atoms with Crippen molar-refractivity contribution in [3.05, 3.63) is 70.7 Å². The Hall–Kier alpha value is -2.37. The van der Waals surface area contributed by atoms with Crippen molar-refractivity contribution in [2.24, 2.45) is 11.1 Å². The molecule has 28 heavy (non-hydrogen) atoms. The predicted molar refractivity (Wildman–Crippen MR) is 111 cm³/mol. The number of hydrogen-bond acceptors (Lipinski definition) is 3. The topological polar surface area (TPSA) is 75.4 Å². The molecule has 6 heteroatoms. The monoisotopic (exact) mass is 399 g/mol. The van der Waals surface area contributed by atoms with Gasteiger partial charge in [0.15, 0.2) is 0 Å². The fourth-order valence-corrected chi connectivity index (χ4v) is 3.75. The minimum Gasteiger partial charge on any atom is -0.345 e. The zero-order valence-corrected chi connectivity index (χ0v) is 16.8. The van der Waals surface area contributed by atoms with E-state index in [9.17, 15) is 9.59 Å². The lowest BCUT2D eigenvalue weighted by atomic mass is 9.90. The number of nitrogens with two attached hydrogens (primary N) is 1. The molecule has 0 radical (unpaired) electrons. The summed E-state index contributed by atoms with van der Waals surface area (Å²) in [5, 5.41) is 3.37. The lowest BCUT2D eigenvalue weighted by Crippen LogP contribution is -2.37. The Morgan fingerprint density at radius 1 is 1.18 bits per heavy atom. The number of carbonyl (C=O) groups excluding carboxylic acids is 2. The minimum absolute atomic E-state index is 0.0190. The van der Waals surface area contributed by atoms with E-state index in [1.807, 2.05) is 35.2 Å². The van der Waals surface area contributed by atoms with E-state index in [4.69, 9.17) is 17.3 Å². The Labute approximate surface area is 170 Å². The molecule has 0 aromatic heterocycles. The molecule has 3 rings (SSSR count). The van der Waals surface area contributed by atoms with Gasteiger partial charge in [-0.25, -0.2) is 0 Å². The van der Waals surface area contributed by atoms with Gasteiger partial charge in [-0.1, -0.05) is 61.0 Å². The Morgan fingerprint density at radius 3 is 2.50 bits per heavy atom. The molecule has 1 saturated heterocycles. The first kappa shape index (κ1) is 20.4. The van der Waals surface area contributed by atoms with Crippen LogP contribution >= 0.6 is 11.6 Å². The van der Waals surface area contributed by atoms with Gasteiger partial charge in [0.1, 0.15) is 0 Å². The summed E-state index contributed by atoms with van der Waals surface area (Å²) < 4.78 is 0. The van der Waals surface area contributed by atoms with Gasteiger partial charge in [-0.05, 0) is 36.1 Å². The van der Waals surface area contributed by atoms with Crippen LogP contribution in [0.4, 0.5) is 0 Å². The van der Waals surface area contributed by atoms with Gasteiger partial charge in [-0.2, -0.15) is 0 Å². The van der Waals surface area contributed by atoms with E-state index < -0.39 is 6.04 Å². The lowest BCUT2D eigenvalue weighted by Gasteiger charge is -2.25. The quantitative estimate of drug-likeness (QED) is 0.781. The molecule has 0 bridgehead atoms. The Morgan fingerprint density at radius 2 is 1.86 bits per heavy atom. The first-order chi connectivity index (χ1) is 13.4. The predicted octanol–water partition coefficient (Wildman–Crippen LogP) is 3.40. The number of nitrogens with zero attached hydrogens (tertiary/aromatic N) is 1. The van der Waals surface area contributed by atoms with Crippen molar-refractivity contribution in [2.45, 2.75) is 25.8 Å². The molecule has 2 amide bonds. The average molecular weight is 400 g/mol. The van der Waals surface area contributed by atoms with Crippen molar-refractivity contribution in [1.29, 1.82) is 0 Å². The van der Waals surface area contributed by atoms with Crippen molar-refractivity contribution in [1.82, 2.24) is 10.2 Å². The molecular weight excluding hydrogens is 374 g/mol. The number of halogens is 1. The molecule has 2 aromatic carbocycles. The molecule has 2 atom stereocenters. The molecule has 1 aliphatic rings. The second-order valence-corrected chi connectivity index (χ2v) is 8.11. The Bertz CT molecular complexity index is 843. The summed E-state index contributed by atoms with van der Waals surface area (Å²) in [7, 11) is 0. The van der Waals surface area contributed by atoms with Crippen molar-refractivity contribution < 1.29 is 9.59 Å². The molecule has 0 saturated carbocycles. The van der Waals surface area contributed by atoms with Crippen LogP contribution in [0.15, 0.2) is 54.6 Å². The highest BCUT2D eigenvalue weighted by atomic mass is 35.5. The summed E-state index contributed by atoms with van der Waals surface area (Å²) in [5.41, 5.74) is 7.11. The van der Waals surface area contributed by atoms with Crippen LogP contribution in [0, 0.1) is 5.41 Å². The van der Waals surface area contributed by atoms with Crippen LogP contribution in [0.25, 0.3) is 0 Å². The van der Waals surface area contributed by atoms with Crippen molar-refractivity contribution in [3.8, 4) is 0 Å². The van der Waals surface area contributed by atoms with E-state index in [-0.39, 0.29) is 23.7 Å².